The van der Waals surface area contributed by atoms with Gasteiger partial charge in [-0.1, -0.05) is 11.6 Å². The molecule has 0 saturated carbocycles. The predicted octanol–water partition coefficient (Wildman–Crippen LogP) is 3.59. The molecule has 15 heavy (non-hydrogen) atoms. The second-order valence-corrected chi connectivity index (χ2v) is 4.77. The summed E-state index contributed by atoms with van der Waals surface area (Å²) in [6.45, 7) is 2.61. The molecule has 0 radical (unpaired) electrons. The van der Waals surface area contributed by atoms with Gasteiger partial charge in [-0.2, -0.15) is 0 Å². The highest BCUT2D eigenvalue weighted by atomic mass is 35.5. The summed E-state index contributed by atoms with van der Waals surface area (Å²) in [5, 5.41) is 2.48. The number of rotatable bonds is 2. The molecule has 0 spiro atoms. The quantitative estimate of drug-likeness (QED) is 0.741. The molecule has 0 fully saturated rings. The van der Waals surface area contributed by atoms with E-state index in [4.69, 9.17) is 16.3 Å². The molecule has 2 nitrogen and oxygen atoms in total. The summed E-state index contributed by atoms with van der Waals surface area (Å²) in [6, 6.07) is 0. The molecule has 0 unspecified atom stereocenters. The molecule has 0 bridgehead atoms. The van der Waals surface area contributed by atoms with Crippen LogP contribution in [0.5, 0.6) is 0 Å². The fourth-order valence-electron chi connectivity index (χ4n) is 1.46. The Bertz CT molecular complexity index is 420. The van der Waals surface area contributed by atoms with Gasteiger partial charge in [0.25, 0.3) is 0 Å². The Morgan fingerprint density at radius 3 is 2.93 bits per heavy atom. The van der Waals surface area contributed by atoms with Gasteiger partial charge in [-0.3, -0.25) is 4.79 Å². The third-order valence-corrected chi connectivity index (χ3v) is 4.03. The van der Waals surface area contributed by atoms with E-state index in [2.05, 4.69) is 0 Å². The Balaban J connectivity index is 2.28. The normalized spacial score (nSPS) is 15.7. The van der Waals surface area contributed by atoms with Gasteiger partial charge < -0.3 is 4.74 Å². The van der Waals surface area contributed by atoms with Crippen LogP contribution in [0.25, 0.3) is 0 Å². The number of aryl methyl sites for hydroxylation is 1. The van der Waals surface area contributed by atoms with Crippen LogP contribution in [-0.4, -0.2) is 12.4 Å². The molecule has 4 heteroatoms. The molecular formula is C11H11ClO2S. The number of hydrogen-bond donors (Lipinski definition) is 0. The van der Waals surface area contributed by atoms with Crippen molar-refractivity contribution < 1.29 is 9.53 Å². The first kappa shape index (κ1) is 10.7. The third kappa shape index (κ3) is 2.08. The van der Waals surface area contributed by atoms with Crippen LogP contribution in [0.4, 0.5) is 0 Å². The Kier molecular flexibility index (Phi) is 3.12. The smallest absolute Gasteiger partial charge is 0.203 e. The lowest BCUT2D eigenvalue weighted by molar-refractivity contribution is 0.101. The van der Waals surface area contributed by atoms with E-state index in [0.29, 0.717) is 16.5 Å². The van der Waals surface area contributed by atoms with E-state index in [0.717, 1.165) is 24.0 Å². The van der Waals surface area contributed by atoms with E-state index >= 15 is 0 Å². The van der Waals surface area contributed by atoms with Gasteiger partial charge in [-0.15, -0.1) is 11.3 Å². The Morgan fingerprint density at radius 1 is 1.60 bits per heavy atom. The van der Waals surface area contributed by atoms with Gasteiger partial charge in [-0.05, 0) is 30.7 Å². The minimum absolute atomic E-state index is 0.0119. The number of halogens is 1. The summed E-state index contributed by atoms with van der Waals surface area (Å²) >= 11 is 7.44. The summed E-state index contributed by atoms with van der Waals surface area (Å²) < 4.78 is 5.15. The first-order chi connectivity index (χ1) is 7.20. The van der Waals surface area contributed by atoms with Gasteiger partial charge in [0.05, 0.1) is 22.8 Å². The van der Waals surface area contributed by atoms with E-state index in [-0.39, 0.29) is 5.78 Å². The number of Topliss-reactive ketones (excluding diaryl/α,β-unsaturated/α-hetero) is 1. The fourth-order valence-corrected chi connectivity index (χ4v) is 2.71. The maximum absolute atomic E-state index is 12.0. The van der Waals surface area contributed by atoms with Crippen LogP contribution in [0, 0.1) is 6.92 Å². The van der Waals surface area contributed by atoms with Crippen molar-refractivity contribution in [3.63, 3.8) is 0 Å². The highest BCUT2D eigenvalue weighted by Gasteiger charge is 2.20. The Hall–Kier alpha value is -0.800. The molecule has 0 saturated heterocycles. The molecule has 0 aliphatic carbocycles. The molecule has 0 amide bonds. The Morgan fingerprint density at radius 2 is 2.40 bits per heavy atom. The van der Waals surface area contributed by atoms with Crippen LogP contribution >= 0.6 is 22.9 Å². The highest BCUT2D eigenvalue weighted by molar-refractivity contribution is 7.13. The number of carbonyl (C=O) groups is 1. The lowest BCUT2D eigenvalue weighted by Gasteiger charge is -2.11. The van der Waals surface area contributed by atoms with Crippen molar-refractivity contribution in [1.29, 1.82) is 0 Å². The minimum atomic E-state index is 0.0119. The van der Waals surface area contributed by atoms with Crippen molar-refractivity contribution in [3.8, 4) is 0 Å². The summed E-state index contributed by atoms with van der Waals surface area (Å²) in [7, 11) is 0. The van der Waals surface area contributed by atoms with Crippen LogP contribution < -0.4 is 0 Å². The van der Waals surface area contributed by atoms with Gasteiger partial charge in [0.1, 0.15) is 0 Å². The van der Waals surface area contributed by atoms with Crippen molar-refractivity contribution in [2.24, 2.45) is 0 Å². The number of ether oxygens (including phenoxy) is 1. The molecule has 1 aliphatic rings. The summed E-state index contributed by atoms with van der Waals surface area (Å²) in [5.41, 5.74) is 1.69. The van der Waals surface area contributed by atoms with Gasteiger partial charge in [0, 0.05) is 5.57 Å². The van der Waals surface area contributed by atoms with E-state index in [9.17, 15) is 4.79 Å². The van der Waals surface area contributed by atoms with E-state index in [1.165, 1.54) is 11.3 Å². The van der Waals surface area contributed by atoms with Crippen molar-refractivity contribution in [1.82, 2.24) is 0 Å². The van der Waals surface area contributed by atoms with Crippen LogP contribution in [0.2, 0.25) is 5.02 Å². The van der Waals surface area contributed by atoms with Crippen molar-refractivity contribution in [2.45, 2.75) is 19.8 Å². The Labute approximate surface area is 97.5 Å². The molecule has 2 heterocycles. The first-order valence-electron chi connectivity index (χ1n) is 4.79. The molecule has 1 aromatic rings. The van der Waals surface area contributed by atoms with Gasteiger partial charge in [0.15, 0.2) is 0 Å². The molecule has 80 valence electrons. The van der Waals surface area contributed by atoms with E-state index in [1.54, 1.807) is 6.26 Å². The lowest BCUT2D eigenvalue weighted by atomic mass is 10.0. The zero-order valence-corrected chi connectivity index (χ0v) is 9.95. The zero-order valence-electron chi connectivity index (χ0n) is 8.38. The molecule has 1 aliphatic heterocycles. The second-order valence-electron chi connectivity index (χ2n) is 3.51. The lowest BCUT2D eigenvalue weighted by Crippen LogP contribution is -2.08. The van der Waals surface area contributed by atoms with Crippen LogP contribution in [0.1, 0.15) is 28.1 Å². The topological polar surface area (TPSA) is 26.3 Å². The zero-order chi connectivity index (χ0) is 10.8. The maximum Gasteiger partial charge on any atom is 0.203 e. The predicted molar refractivity (Wildman–Crippen MR) is 61.7 cm³/mol. The molecule has 1 aromatic heterocycles. The highest BCUT2D eigenvalue weighted by Crippen LogP contribution is 2.30. The van der Waals surface area contributed by atoms with Gasteiger partial charge >= 0.3 is 0 Å². The minimum Gasteiger partial charge on any atom is -0.501 e. The SMILES string of the molecule is Cc1csc(C(=O)C2=COCCC2)c1Cl. The molecular weight excluding hydrogens is 232 g/mol. The molecule has 2 rings (SSSR count). The van der Waals surface area contributed by atoms with E-state index in [1.807, 2.05) is 12.3 Å². The van der Waals surface area contributed by atoms with Gasteiger partial charge in [0.2, 0.25) is 5.78 Å². The van der Waals surface area contributed by atoms with Crippen LogP contribution in [0.3, 0.4) is 0 Å². The van der Waals surface area contributed by atoms with Gasteiger partial charge in [-0.25, -0.2) is 0 Å². The number of hydrogen-bond acceptors (Lipinski definition) is 3. The average Bonchev–Trinajstić information content (AvgIpc) is 2.60. The summed E-state index contributed by atoms with van der Waals surface area (Å²) in [6.07, 6.45) is 3.25. The summed E-state index contributed by atoms with van der Waals surface area (Å²) in [4.78, 5) is 12.6. The standard InChI is InChI=1S/C11H11ClO2S/c1-7-6-15-11(9(7)12)10(13)8-3-2-4-14-5-8/h5-6H,2-4H2,1H3. The van der Waals surface area contributed by atoms with E-state index < -0.39 is 0 Å². The average molecular weight is 243 g/mol. The number of carbonyl (C=O) groups excluding carboxylic acids is 1. The largest absolute Gasteiger partial charge is 0.501 e. The molecule has 0 N–H and O–H groups in total. The van der Waals surface area contributed by atoms with Crippen molar-refractivity contribution >= 4 is 28.7 Å². The molecule has 0 atom stereocenters. The first-order valence-corrected chi connectivity index (χ1v) is 6.05. The fraction of sp³-hybridized carbons (Fsp3) is 0.364. The van der Waals surface area contributed by atoms with Crippen molar-refractivity contribution in [3.05, 3.63) is 32.7 Å². The third-order valence-electron chi connectivity index (χ3n) is 2.33. The molecule has 0 aromatic carbocycles. The number of allylic oxidation sites excluding steroid dienone is 1. The van der Waals surface area contributed by atoms with Crippen molar-refractivity contribution in [2.75, 3.05) is 6.61 Å². The van der Waals surface area contributed by atoms with Crippen LogP contribution in [-0.2, 0) is 4.74 Å². The second kappa shape index (κ2) is 4.37. The summed E-state index contributed by atoms with van der Waals surface area (Å²) in [5.74, 6) is 0.0119. The maximum atomic E-state index is 12.0. The number of thiophene rings is 1. The number of ketones is 1. The monoisotopic (exact) mass is 242 g/mol. The van der Waals surface area contributed by atoms with Crippen LogP contribution in [0.15, 0.2) is 17.2 Å².